The van der Waals surface area contributed by atoms with Crippen molar-refractivity contribution >= 4 is 16.4 Å². The van der Waals surface area contributed by atoms with Gasteiger partial charge in [0.15, 0.2) is 0 Å². The van der Waals surface area contributed by atoms with Crippen LogP contribution in [0.4, 0.5) is 4.79 Å². The third-order valence-electron chi connectivity index (χ3n) is 0. The normalized spacial score (nSPS) is 8.20. The van der Waals surface area contributed by atoms with E-state index >= 15 is 0 Å². The molecule has 62 valence electrons. The predicted octanol–water partition coefficient (Wildman–Crippen LogP) is -2.32. The molecule has 0 aromatic rings. The van der Waals surface area contributed by atoms with Crippen LogP contribution in [0, 0.1) is 0 Å². The molecule has 0 rings (SSSR count). The summed E-state index contributed by atoms with van der Waals surface area (Å²) in [6.07, 6.45) is 0. The van der Waals surface area contributed by atoms with E-state index in [1.807, 2.05) is 0 Å². The Hall–Kier alpha value is -0.341. The van der Waals surface area contributed by atoms with Crippen LogP contribution in [0.1, 0.15) is 0 Å². The maximum Gasteiger partial charge on any atom is 2.00 e. The zero-order chi connectivity index (χ0) is 8.08. The third kappa shape index (κ3) is 2930. The first kappa shape index (κ1) is 16.3. The topological polar surface area (TPSA) is 149 Å². The van der Waals surface area contributed by atoms with Crippen molar-refractivity contribution in [3.05, 3.63) is 0 Å². The largest absolute Gasteiger partial charge is 2.00 e. The summed E-state index contributed by atoms with van der Waals surface area (Å²) in [5.41, 5.74) is 8.50. The molecule has 2 amide bonds. The van der Waals surface area contributed by atoms with Gasteiger partial charge in [0, 0.05) is 10.4 Å². The zero-order valence-corrected chi connectivity index (χ0v) is 6.38. The van der Waals surface area contributed by atoms with E-state index in [0.29, 0.717) is 0 Å². The maximum atomic E-state index is 9.00. The molecule has 7 nitrogen and oxygen atoms in total. The molecule has 0 radical (unpaired) electrons. The SMILES string of the molecule is NC(N)=O.O=S(=O)([O-])[O-].[Fe+2]. The van der Waals surface area contributed by atoms with Gasteiger partial charge in [0.05, 0.1) is 0 Å². The molecule has 4 N–H and O–H groups in total. The Bertz CT molecular complexity index is 162. The van der Waals surface area contributed by atoms with Crippen LogP contribution in [0.5, 0.6) is 0 Å². The van der Waals surface area contributed by atoms with Crippen molar-refractivity contribution in [2.24, 2.45) is 11.5 Å². The number of hydrogen-bond donors (Lipinski definition) is 2. The monoisotopic (exact) mass is 212 g/mol. The van der Waals surface area contributed by atoms with E-state index < -0.39 is 16.4 Å². The molecule has 0 fully saturated rings. The number of hydrogen-bond acceptors (Lipinski definition) is 5. The molecule has 0 aromatic carbocycles. The summed E-state index contributed by atoms with van der Waals surface area (Å²) in [7, 11) is -5.17. The molecule has 10 heavy (non-hydrogen) atoms. The Morgan fingerprint density at radius 1 is 1.20 bits per heavy atom. The van der Waals surface area contributed by atoms with Gasteiger partial charge in [-0.3, -0.25) is 8.42 Å². The summed E-state index contributed by atoms with van der Waals surface area (Å²) in [6, 6.07) is -0.833. The Morgan fingerprint density at radius 3 is 1.20 bits per heavy atom. The first-order chi connectivity index (χ1) is 3.73. The molecule has 0 aliphatic carbocycles. The van der Waals surface area contributed by atoms with E-state index in [1.54, 1.807) is 0 Å². The second-order valence-electron chi connectivity index (χ2n) is 0.811. The van der Waals surface area contributed by atoms with E-state index in [1.165, 1.54) is 0 Å². The molecule has 0 saturated carbocycles. The Morgan fingerprint density at radius 2 is 1.20 bits per heavy atom. The van der Waals surface area contributed by atoms with Crippen molar-refractivity contribution in [3.63, 3.8) is 0 Å². The molecule has 0 aliphatic rings. The fourth-order valence-electron chi connectivity index (χ4n) is 0. The molecule has 0 spiro atoms. The van der Waals surface area contributed by atoms with Crippen molar-refractivity contribution < 1.29 is 39.4 Å². The smallest absolute Gasteiger partial charge is 0.759 e. The molecule has 9 heteroatoms. The molecule has 0 aliphatic heterocycles. The number of nitrogens with two attached hydrogens (primary N) is 2. The summed E-state index contributed by atoms with van der Waals surface area (Å²) in [5.74, 6) is 0. The van der Waals surface area contributed by atoms with E-state index in [0.717, 1.165) is 0 Å². The number of urea groups is 1. The van der Waals surface area contributed by atoms with Crippen molar-refractivity contribution in [3.8, 4) is 0 Å². The van der Waals surface area contributed by atoms with Crippen molar-refractivity contribution in [2.75, 3.05) is 0 Å². The summed E-state index contributed by atoms with van der Waals surface area (Å²) in [5, 5.41) is 0. The minimum atomic E-state index is -5.17. The molecule has 0 bridgehead atoms. The van der Waals surface area contributed by atoms with Crippen LogP contribution < -0.4 is 11.5 Å². The fourth-order valence-corrected chi connectivity index (χ4v) is 0. The maximum absolute atomic E-state index is 9.00. The average Bonchev–Trinajstić information content (AvgIpc) is 1.19. The number of amides is 2. The van der Waals surface area contributed by atoms with E-state index in [-0.39, 0.29) is 17.1 Å². The molecule has 0 saturated heterocycles. The Balaban J connectivity index is -0.0000000910. The standard InChI is InChI=1S/CH4N2O.Fe.H2O4S/c2-1(3)4;;1-5(2,3)4/h(H4,2,3,4);;(H2,1,2,3,4)/q;+2;/p-2. The average molecular weight is 212 g/mol. The van der Waals surface area contributed by atoms with Crippen LogP contribution in [0.2, 0.25) is 0 Å². The molecular formula is CH4FeN2O5S. The number of primary amides is 2. The molecule has 0 aromatic heterocycles. The zero-order valence-electron chi connectivity index (χ0n) is 4.46. The fraction of sp³-hybridized carbons (Fsp3) is 0. The summed E-state index contributed by atoms with van der Waals surface area (Å²) in [4.78, 5) is 9.00. The van der Waals surface area contributed by atoms with Crippen LogP contribution in [-0.2, 0) is 27.5 Å². The van der Waals surface area contributed by atoms with Crippen molar-refractivity contribution in [2.45, 2.75) is 0 Å². The molecule has 0 heterocycles. The predicted molar refractivity (Wildman–Crippen MR) is 24.2 cm³/mol. The van der Waals surface area contributed by atoms with Gasteiger partial charge in [-0.05, 0) is 0 Å². The van der Waals surface area contributed by atoms with Gasteiger partial charge in [0.25, 0.3) is 0 Å². The van der Waals surface area contributed by atoms with Crippen molar-refractivity contribution in [1.29, 1.82) is 0 Å². The number of carbonyl (C=O) groups is 1. The first-order valence-electron chi connectivity index (χ1n) is 1.45. The van der Waals surface area contributed by atoms with Gasteiger partial charge in [-0.25, -0.2) is 4.79 Å². The van der Waals surface area contributed by atoms with E-state index in [2.05, 4.69) is 11.5 Å². The van der Waals surface area contributed by atoms with Gasteiger partial charge >= 0.3 is 23.1 Å². The van der Waals surface area contributed by atoms with Gasteiger partial charge in [0.2, 0.25) is 0 Å². The first-order valence-corrected chi connectivity index (χ1v) is 2.78. The Kier molecular flexibility index (Phi) is 11.1. The van der Waals surface area contributed by atoms with Crippen molar-refractivity contribution in [1.82, 2.24) is 0 Å². The molecular weight excluding hydrogens is 208 g/mol. The van der Waals surface area contributed by atoms with Gasteiger partial charge in [-0.1, -0.05) is 0 Å². The number of rotatable bonds is 0. The van der Waals surface area contributed by atoms with Crippen LogP contribution in [-0.4, -0.2) is 23.6 Å². The summed E-state index contributed by atoms with van der Waals surface area (Å²) >= 11 is 0. The minimum Gasteiger partial charge on any atom is -0.759 e. The van der Waals surface area contributed by atoms with Gasteiger partial charge in [-0.2, -0.15) is 0 Å². The van der Waals surface area contributed by atoms with E-state index in [9.17, 15) is 0 Å². The van der Waals surface area contributed by atoms with Crippen LogP contribution >= 0.6 is 0 Å². The summed E-state index contributed by atoms with van der Waals surface area (Å²) in [6.45, 7) is 0. The van der Waals surface area contributed by atoms with Gasteiger partial charge in [-0.15, -0.1) is 0 Å². The van der Waals surface area contributed by atoms with E-state index in [4.69, 9.17) is 22.3 Å². The summed E-state index contributed by atoms with van der Waals surface area (Å²) < 4.78 is 34.1. The van der Waals surface area contributed by atoms with Crippen LogP contribution in [0.3, 0.4) is 0 Å². The van der Waals surface area contributed by atoms with Gasteiger partial charge < -0.3 is 20.6 Å². The Labute approximate surface area is 67.8 Å². The minimum absolute atomic E-state index is 0. The van der Waals surface area contributed by atoms with Gasteiger partial charge in [0.1, 0.15) is 0 Å². The number of carbonyl (C=O) groups excluding carboxylic acids is 1. The molecule has 0 unspecified atom stereocenters. The van der Waals surface area contributed by atoms with Crippen LogP contribution in [0.15, 0.2) is 0 Å². The molecule has 0 atom stereocenters. The second kappa shape index (κ2) is 6.77. The third-order valence-corrected chi connectivity index (χ3v) is 0. The second-order valence-corrected chi connectivity index (χ2v) is 1.63. The van der Waals surface area contributed by atoms with Crippen LogP contribution in [0.25, 0.3) is 0 Å². The quantitative estimate of drug-likeness (QED) is 0.262.